The third-order valence-corrected chi connectivity index (χ3v) is 9.21. The summed E-state index contributed by atoms with van der Waals surface area (Å²) in [5.41, 5.74) is 6.66. The highest BCUT2D eigenvalue weighted by atomic mass is 16.5. The number of amides is 2. The first-order valence-electron chi connectivity index (χ1n) is 15.3. The van der Waals surface area contributed by atoms with Gasteiger partial charge in [0, 0.05) is 50.7 Å². The summed E-state index contributed by atoms with van der Waals surface area (Å²) < 4.78 is 10.9. The van der Waals surface area contributed by atoms with Crippen molar-refractivity contribution in [2.45, 2.75) is 45.4 Å². The Hall–Kier alpha value is -4.79. The predicted molar refractivity (Wildman–Crippen MR) is 170 cm³/mol. The van der Waals surface area contributed by atoms with Crippen molar-refractivity contribution < 1.29 is 19.4 Å². The van der Waals surface area contributed by atoms with Gasteiger partial charge in [-0.1, -0.05) is 42.5 Å². The van der Waals surface area contributed by atoms with Crippen LogP contribution < -0.4 is 4.74 Å². The van der Waals surface area contributed by atoms with Crippen LogP contribution in [-0.4, -0.2) is 67.2 Å². The van der Waals surface area contributed by atoms with Gasteiger partial charge >= 0.3 is 6.09 Å². The molecule has 1 N–H and O–H groups in total. The van der Waals surface area contributed by atoms with E-state index in [1.165, 1.54) is 24.8 Å². The van der Waals surface area contributed by atoms with E-state index in [0.717, 1.165) is 56.9 Å². The Labute approximate surface area is 256 Å². The van der Waals surface area contributed by atoms with Crippen LogP contribution in [-0.2, 0) is 26.6 Å². The number of hydrogen-bond donors (Lipinski definition) is 1. The van der Waals surface area contributed by atoms with Crippen LogP contribution in [0.25, 0.3) is 33.5 Å². The van der Waals surface area contributed by atoms with E-state index in [2.05, 4.69) is 39.5 Å². The molecule has 3 heterocycles. The molecule has 0 spiro atoms. The number of benzene rings is 3. The van der Waals surface area contributed by atoms with E-state index < -0.39 is 6.09 Å². The summed E-state index contributed by atoms with van der Waals surface area (Å²) in [5, 5.41) is 10.5. The molecule has 0 radical (unpaired) electrons. The molecule has 1 fully saturated rings. The summed E-state index contributed by atoms with van der Waals surface area (Å²) in [7, 11) is 3.58. The van der Waals surface area contributed by atoms with Crippen molar-refractivity contribution in [3.63, 3.8) is 0 Å². The monoisotopic (exact) mass is 591 g/mol. The fourth-order valence-corrected chi connectivity index (χ4v) is 6.32. The standard InChI is InChI=1S/C35H37N5O4/c1-22(37(2)35(42)43)19-39-15-14-25-16-29-28(18-27(25)34(39)41)36-33(38(29)3)30-17-26-10-7-11-31(32(26)40(30)20-23-12-13-23)44-21-24-8-5-4-6-9-24/h4-11,16-18,22-23H,12-15,19-21H2,1-3H3,(H,42,43). The van der Waals surface area contributed by atoms with E-state index in [9.17, 15) is 14.7 Å². The molecule has 2 amide bonds. The molecule has 1 aliphatic heterocycles. The lowest BCUT2D eigenvalue weighted by molar-refractivity contribution is 0.0680. The van der Waals surface area contributed by atoms with Crippen molar-refractivity contribution in [2.24, 2.45) is 13.0 Å². The number of imidazole rings is 1. The van der Waals surface area contributed by atoms with Crippen LogP contribution >= 0.6 is 0 Å². The number of para-hydroxylation sites is 1. The van der Waals surface area contributed by atoms with E-state index >= 15 is 0 Å². The van der Waals surface area contributed by atoms with E-state index in [4.69, 9.17) is 9.72 Å². The largest absolute Gasteiger partial charge is 0.487 e. The van der Waals surface area contributed by atoms with Gasteiger partial charge in [0.25, 0.3) is 5.91 Å². The number of hydrogen-bond acceptors (Lipinski definition) is 4. The minimum atomic E-state index is -1.00. The average Bonchev–Trinajstić information content (AvgIpc) is 3.70. The van der Waals surface area contributed by atoms with Gasteiger partial charge in [0.2, 0.25) is 0 Å². The molecule has 0 saturated heterocycles. The molecule has 1 aliphatic carbocycles. The van der Waals surface area contributed by atoms with Gasteiger partial charge in [0.05, 0.1) is 22.2 Å². The zero-order chi connectivity index (χ0) is 30.5. The summed E-state index contributed by atoms with van der Waals surface area (Å²) in [5.74, 6) is 2.28. The SMILES string of the molecule is CC(CN1CCc2cc3c(cc2C1=O)nc(-c1cc2cccc(OCc4ccccc4)c2n1CC1CC1)n3C)N(C)C(=O)O. The summed E-state index contributed by atoms with van der Waals surface area (Å²) in [6, 6.07) is 22.4. The Morgan fingerprint density at radius 2 is 1.91 bits per heavy atom. The second-order valence-corrected chi connectivity index (χ2v) is 12.3. The molecule has 1 saturated carbocycles. The summed E-state index contributed by atoms with van der Waals surface area (Å²) in [4.78, 5) is 33.1. The van der Waals surface area contributed by atoms with Gasteiger partial charge in [-0.25, -0.2) is 9.78 Å². The maximum Gasteiger partial charge on any atom is 0.407 e. The van der Waals surface area contributed by atoms with Crippen LogP contribution in [0.4, 0.5) is 4.79 Å². The Balaban J connectivity index is 1.26. The number of rotatable bonds is 9. The molecular weight excluding hydrogens is 554 g/mol. The van der Waals surface area contributed by atoms with Crippen molar-refractivity contribution in [3.05, 3.63) is 83.4 Å². The highest BCUT2D eigenvalue weighted by Crippen LogP contribution is 2.39. The number of aromatic nitrogens is 3. The smallest absolute Gasteiger partial charge is 0.407 e. The molecular formula is C35H37N5O4. The number of carbonyl (C=O) groups excluding carboxylic acids is 1. The molecule has 3 aromatic carbocycles. The van der Waals surface area contributed by atoms with Crippen LogP contribution in [0.15, 0.2) is 66.7 Å². The zero-order valence-corrected chi connectivity index (χ0v) is 25.4. The lowest BCUT2D eigenvalue weighted by atomic mass is 9.97. The predicted octanol–water partition coefficient (Wildman–Crippen LogP) is 6.18. The molecule has 0 bridgehead atoms. The van der Waals surface area contributed by atoms with Gasteiger partial charge in [-0.15, -0.1) is 0 Å². The van der Waals surface area contributed by atoms with Gasteiger partial charge in [-0.3, -0.25) is 4.79 Å². The topological polar surface area (TPSA) is 92.8 Å². The highest BCUT2D eigenvalue weighted by Gasteiger charge is 2.30. The Kier molecular flexibility index (Phi) is 7.03. The van der Waals surface area contributed by atoms with Crippen LogP contribution in [0.3, 0.4) is 0 Å². The molecule has 2 aliphatic rings. The molecule has 5 aromatic rings. The van der Waals surface area contributed by atoms with E-state index in [1.54, 1.807) is 4.90 Å². The van der Waals surface area contributed by atoms with Crippen molar-refractivity contribution in [2.75, 3.05) is 20.1 Å². The van der Waals surface area contributed by atoms with Gasteiger partial charge in [0.1, 0.15) is 12.4 Å². The van der Waals surface area contributed by atoms with Gasteiger partial charge in [0.15, 0.2) is 5.82 Å². The minimum Gasteiger partial charge on any atom is -0.487 e. The van der Waals surface area contributed by atoms with Gasteiger partial charge < -0.3 is 28.8 Å². The van der Waals surface area contributed by atoms with Crippen molar-refractivity contribution >= 4 is 33.9 Å². The molecule has 9 nitrogen and oxygen atoms in total. The van der Waals surface area contributed by atoms with E-state index in [-0.39, 0.29) is 11.9 Å². The lowest BCUT2D eigenvalue weighted by Gasteiger charge is -2.33. The normalized spacial score (nSPS) is 15.5. The first-order valence-corrected chi connectivity index (χ1v) is 15.3. The molecule has 44 heavy (non-hydrogen) atoms. The second-order valence-electron chi connectivity index (χ2n) is 12.3. The minimum absolute atomic E-state index is 0.0750. The Morgan fingerprint density at radius 1 is 1.11 bits per heavy atom. The first kappa shape index (κ1) is 28.0. The number of aryl methyl sites for hydroxylation is 1. The number of ether oxygens (including phenoxy) is 1. The number of fused-ring (bicyclic) bond motifs is 3. The molecule has 2 aromatic heterocycles. The third-order valence-electron chi connectivity index (χ3n) is 9.21. The average molecular weight is 592 g/mol. The van der Waals surface area contributed by atoms with Crippen LogP contribution in [0, 0.1) is 5.92 Å². The van der Waals surface area contributed by atoms with E-state index in [0.29, 0.717) is 37.6 Å². The van der Waals surface area contributed by atoms with Crippen molar-refractivity contribution in [3.8, 4) is 17.3 Å². The Bertz CT molecular complexity index is 1890. The number of carbonyl (C=O) groups is 2. The molecule has 226 valence electrons. The summed E-state index contributed by atoms with van der Waals surface area (Å²) >= 11 is 0. The molecule has 1 unspecified atom stereocenters. The van der Waals surface area contributed by atoms with Crippen LogP contribution in [0.5, 0.6) is 5.75 Å². The fourth-order valence-electron chi connectivity index (χ4n) is 6.32. The molecule has 7 rings (SSSR count). The number of likely N-dealkylation sites (N-methyl/N-ethyl adjacent to an activating group) is 1. The highest BCUT2D eigenvalue weighted by molar-refractivity contribution is 6.01. The molecule has 9 heteroatoms. The number of carboxylic acid groups (broad SMARTS) is 1. The van der Waals surface area contributed by atoms with Crippen molar-refractivity contribution in [1.82, 2.24) is 23.9 Å². The maximum absolute atomic E-state index is 13.6. The quantitative estimate of drug-likeness (QED) is 0.221. The summed E-state index contributed by atoms with van der Waals surface area (Å²) in [6.45, 7) is 4.13. The number of nitrogens with zero attached hydrogens (tertiary/aromatic N) is 5. The van der Waals surface area contributed by atoms with Gasteiger partial charge in [-0.2, -0.15) is 0 Å². The second kappa shape index (κ2) is 11.0. The van der Waals surface area contributed by atoms with Gasteiger partial charge in [-0.05, 0) is 67.5 Å². The van der Waals surface area contributed by atoms with Crippen LogP contribution in [0.2, 0.25) is 0 Å². The lowest BCUT2D eigenvalue weighted by Crippen LogP contribution is -2.47. The third kappa shape index (κ3) is 5.06. The van der Waals surface area contributed by atoms with E-state index in [1.807, 2.05) is 50.4 Å². The van der Waals surface area contributed by atoms with Crippen molar-refractivity contribution in [1.29, 1.82) is 0 Å². The van der Waals surface area contributed by atoms with Crippen LogP contribution in [0.1, 0.15) is 41.3 Å². The molecule has 1 atom stereocenters. The Morgan fingerprint density at radius 3 is 2.66 bits per heavy atom. The maximum atomic E-state index is 13.6. The first-order chi connectivity index (χ1) is 21.3. The zero-order valence-electron chi connectivity index (χ0n) is 25.4. The fraction of sp³-hybridized carbons (Fsp3) is 0.343. The summed E-state index contributed by atoms with van der Waals surface area (Å²) in [6.07, 6.45) is 2.16.